The summed E-state index contributed by atoms with van der Waals surface area (Å²) in [7, 11) is 1.58. The van der Waals surface area contributed by atoms with Crippen molar-refractivity contribution in [2.75, 3.05) is 26.7 Å². The Morgan fingerprint density at radius 3 is 2.52 bits per heavy atom. The van der Waals surface area contributed by atoms with Crippen LogP contribution in [0.2, 0.25) is 0 Å². The van der Waals surface area contributed by atoms with Crippen LogP contribution in [0.25, 0.3) is 0 Å². The molecule has 27 heavy (non-hydrogen) atoms. The summed E-state index contributed by atoms with van der Waals surface area (Å²) in [6.07, 6.45) is -2.00. The van der Waals surface area contributed by atoms with Gasteiger partial charge in [0.1, 0.15) is 31.0 Å². The number of carboxylic acid groups (broad SMARTS) is 1. The first-order chi connectivity index (χ1) is 12.9. The maximum absolute atomic E-state index is 11.9. The molecule has 3 atom stereocenters. The van der Waals surface area contributed by atoms with Crippen LogP contribution in [0.15, 0.2) is 24.3 Å². The first kappa shape index (κ1) is 20.5. The molecule has 1 aliphatic rings. The molecule has 10 heteroatoms. The van der Waals surface area contributed by atoms with Crippen LogP contribution in [0, 0.1) is 0 Å². The molecule has 10 nitrogen and oxygen atoms in total. The number of benzene rings is 1. The van der Waals surface area contributed by atoms with Crippen molar-refractivity contribution in [1.29, 1.82) is 0 Å². The highest BCUT2D eigenvalue weighted by Gasteiger charge is 2.37. The summed E-state index contributed by atoms with van der Waals surface area (Å²) in [6, 6.07) is 7.11. The number of aliphatic carboxylic acids is 1. The summed E-state index contributed by atoms with van der Waals surface area (Å²) in [5.74, 6) is -1.12. The van der Waals surface area contributed by atoms with E-state index in [1.807, 2.05) is 24.3 Å². The predicted molar refractivity (Wildman–Crippen MR) is 93.4 cm³/mol. The fourth-order valence-corrected chi connectivity index (χ4v) is 2.69. The zero-order valence-electron chi connectivity index (χ0n) is 14.8. The highest BCUT2D eigenvalue weighted by molar-refractivity contribution is 5.85. The number of β-amino-alcohol motifs (C(OH)–C–C–N with tert-alkyl or cyclic N) is 1. The minimum Gasteiger partial charge on any atom is -0.497 e. The summed E-state index contributed by atoms with van der Waals surface area (Å²) in [5, 5.41) is 26.0. The van der Waals surface area contributed by atoms with Gasteiger partial charge in [-0.25, -0.2) is 4.79 Å². The number of hydrogen-bond acceptors (Lipinski definition) is 7. The van der Waals surface area contributed by atoms with Gasteiger partial charge in [-0.3, -0.25) is 9.59 Å². The number of carbonyl (C=O) groups excluding carboxylic acids is 2. The lowest BCUT2D eigenvalue weighted by molar-refractivity contribution is -0.137. The lowest BCUT2D eigenvalue weighted by Crippen LogP contribution is -2.44. The monoisotopic (exact) mass is 381 g/mol. The number of ether oxygens (including phenoxy) is 2. The first-order valence-corrected chi connectivity index (χ1v) is 8.36. The van der Waals surface area contributed by atoms with Gasteiger partial charge >= 0.3 is 12.1 Å². The van der Waals surface area contributed by atoms with Crippen molar-refractivity contribution < 1.29 is 34.1 Å². The van der Waals surface area contributed by atoms with Gasteiger partial charge in [-0.15, -0.1) is 0 Å². The van der Waals surface area contributed by atoms with Crippen LogP contribution < -0.4 is 20.7 Å². The molecule has 1 aliphatic heterocycles. The number of carbonyl (C=O) groups is 3. The molecule has 2 amide bonds. The van der Waals surface area contributed by atoms with Crippen molar-refractivity contribution in [3.8, 4) is 5.75 Å². The van der Waals surface area contributed by atoms with Crippen molar-refractivity contribution in [1.82, 2.24) is 16.0 Å². The Morgan fingerprint density at radius 2 is 1.89 bits per heavy atom. The van der Waals surface area contributed by atoms with Crippen molar-refractivity contribution >= 4 is 18.0 Å². The highest BCUT2D eigenvalue weighted by atomic mass is 16.6. The maximum Gasteiger partial charge on any atom is 0.407 e. The summed E-state index contributed by atoms with van der Waals surface area (Å²) in [6.45, 7) is -0.686. The number of carboxylic acids is 1. The fraction of sp³-hybridized carbons (Fsp3) is 0.471. The van der Waals surface area contributed by atoms with E-state index >= 15 is 0 Å². The third-order valence-electron chi connectivity index (χ3n) is 4.05. The van der Waals surface area contributed by atoms with E-state index in [0.717, 1.165) is 11.3 Å². The minimum absolute atomic E-state index is 0.276. The molecule has 0 bridgehead atoms. The molecule has 1 fully saturated rings. The predicted octanol–water partition coefficient (Wildman–Crippen LogP) is -1.13. The first-order valence-electron chi connectivity index (χ1n) is 8.36. The van der Waals surface area contributed by atoms with Crippen molar-refractivity contribution in [2.45, 2.75) is 24.7 Å². The highest BCUT2D eigenvalue weighted by Crippen LogP contribution is 2.19. The van der Waals surface area contributed by atoms with Crippen molar-refractivity contribution in [3.05, 3.63) is 29.8 Å². The normalized spacial score (nSPS) is 21.3. The molecule has 1 aromatic carbocycles. The van der Waals surface area contributed by atoms with Gasteiger partial charge in [0.05, 0.1) is 13.2 Å². The van der Waals surface area contributed by atoms with Crippen LogP contribution in [0.5, 0.6) is 5.75 Å². The molecule has 0 spiro atoms. The van der Waals surface area contributed by atoms with E-state index in [2.05, 4.69) is 16.0 Å². The molecule has 1 heterocycles. The molecule has 0 unspecified atom stereocenters. The fourth-order valence-electron chi connectivity index (χ4n) is 2.69. The Hall–Kier alpha value is -2.85. The molecule has 2 rings (SSSR count). The molecular formula is C17H23N3O7. The van der Waals surface area contributed by atoms with E-state index in [-0.39, 0.29) is 12.6 Å². The Kier molecular flexibility index (Phi) is 7.38. The average molecular weight is 381 g/mol. The van der Waals surface area contributed by atoms with Gasteiger partial charge < -0.3 is 35.6 Å². The number of nitrogens with one attached hydrogen (secondary N) is 3. The Bertz CT molecular complexity index is 665. The van der Waals surface area contributed by atoms with Crippen LogP contribution in [0.3, 0.4) is 0 Å². The lowest BCUT2D eigenvalue weighted by Gasteiger charge is -2.22. The molecule has 0 aromatic heterocycles. The maximum atomic E-state index is 11.9. The number of aliphatic hydroxyl groups excluding tert-OH is 1. The van der Waals surface area contributed by atoms with Gasteiger partial charge in [-0.05, 0) is 24.1 Å². The molecule has 1 aromatic rings. The summed E-state index contributed by atoms with van der Waals surface area (Å²) < 4.78 is 10.4. The zero-order chi connectivity index (χ0) is 19.8. The second kappa shape index (κ2) is 9.74. The van der Waals surface area contributed by atoms with Gasteiger partial charge in [-0.2, -0.15) is 0 Å². The number of rotatable bonds is 8. The van der Waals surface area contributed by atoms with Crippen LogP contribution in [-0.4, -0.2) is 73.2 Å². The molecule has 148 valence electrons. The van der Waals surface area contributed by atoms with E-state index in [9.17, 15) is 19.5 Å². The minimum atomic E-state index is -1.19. The quantitative estimate of drug-likeness (QED) is 0.380. The van der Waals surface area contributed by atoms with E-state index in [4.69, 9.17) is 14.6 Å². The topological polar surface area (TPSA) is 146 Å². The molecule has 0 aliphatic carbocycles. The lowest BCUT2D eigenvalue weighted by atomic mass is 10.0. The Morgan fingerprint density at radius 1 is 1.19 bits per heavy atom. The van der Waals surface area contributed by atoms with Crippen molar-refractivity contribution in [2.24, 2.45) is 0 Å². The van der Waals surface area contributed by atoms with Crippen LogP contribution >= 0.6 is 0 Å². The molecule has 1 saturated heterocycles. The number of amides is 2. The van der Waals surface area contributed by atoms with Gasteiger partial charge in [-0.1, -0.05) is 12.1 Å². The molecular weight excluding hydrogens is 358 g/mol. The van der Waals surface area contributed by atoms with Gasteiger partial charge in [0.2, 0.25) is 5.91 Å². The second-order valence-electron chi connectivity index (χ2n) is 6.03. The number of alkyl carbamates (subject to hydrolysis) is 1. The zero-order valence-corrected chi connectivity index (χ0v) is 14.8. The van der Waals surface area contributed by atoms with Crippen LogP contribution in [-0.2, 0) is 20.7 Å². The Labute approximate surface area is 155 Å². The van der Waals surface area contributed by atoms with Crippen molar-refractivity contribution in [3.63, 3.8) is 0 Å². The Balaban J connectivity index is 1.84. The van der Waals surface area contributed by atoms with E-state index in [0.29, 0.717) is 6.42 Å². The third kappa shape index (κ3) is 6.42. The van der Waals surface area contributed by atoms with Gasteiger partial charge in [0, 0.05) is 6.54 Å². The largest absolute Gasteiger partial charge is 0.497 e. The number of methoxy groups -OCH3 is 1. The van der Waals surface area contributed by atoms with E-state index in [1.165, 1.54) is 0 Å². The summed E-state index contributed by atoms with van der Waals surface area (Å²) >= 11 is 0. The van der Waals surface area contributed by atoms with E-state index in [1.54, 1.807) is 7.11 Å². The van der Waals surface area contributed by atoms with E-state index < -0.39 is 43.3 Å². The summed E-state index contributed by atoms with van der Waals surface area (Å²) in [4.78, 5) is 33.6. The molecule has 0 saturated carbocycles. The molecule has 5 N–H and O–H groups in total. The number of hydrogen-bond donors (Lipinski definition) is 5. The third-order valence-corrected chi connectivity index (χ3v) is 4.05. The average Bonchev–Trinajstić information content (AvgIpc) is 2.98. The SMILES string of the molecule is COc1ccc(C[C@H]2NC[C@H](O)[C@H]2OC(=O)NCC(=O)NCC(=O)O)cc1. The smallest absolute Gasteiger partial charge is 0.407 e. The van der Waals surface area contributed by atoms with Crippen LogP contribution in [0.4, 0.5) is 4.79 Å². The van der Waals surface area contributed by atoms with Crippen LogP contribution in [0.1, 0.15) is 5.56 Å². The standard InChI is InChI=1S/C17H23N3O7/c1-26-11-4-2-10(3-5-11)6-12-16(13(21)7-18-12)27-17(25)20-8-14(22)19-9-15(23)24/h2-5,12-13,16,18,21H,6-9H2,1H3,(H,19,22)(H,20,25)(H,23,24)/t12-,13+,16+/m1/s1. The number of aliphatic hydroxyl groups is 1. The summed E-state index contributed by atoms with van der Waals surface area (Å²) in [5.41, 5.74) is 0.976. The van der Waals surface area contributed by atoms with Gasteiger partial charge in [0.25, 0.3) is 0 Å². The molecule has 0 radical (unpaired) electrons. The van der Waals surface area contributed by atoms with Gasteiger partial charge in [0.15, 0.2) is 0 Å². The second-order valence-corrected chi connectivity index (χ2v) is 6.03.